The number of esters is 1. The van der Waals surface area contributed by atoms with E-state index < -0.39 is 5.54 Å². The maximum absolute atomic E-state index is 12.3. The number of carbonyl (C=O) groups excluding carboxylic acids is 1. The summed E-state index contributed by atoms with van der Waals surface area (Å²) in [6.07, 6.45) is 2.03. The van der Waals surface area contributed by atoms with E-state index in [4.69, 9.17) is 14.2 Å². The van der Waals surface area contributed by atoms with Gasteiger partial charge < -0.3 is 14.2 Å². The molecule has 0 spiro atoms. The van der Waals surface area contributed by atoms with Gasteiger partial charge in [0, 0.05) is 6.07 Å². The molecule has 116 valence electrons. The van der Waals surface area contributed by atoms with Gasteiger partial charge in [-0.2, -0.15) is 0 Å². The number of benzene rings is 1. The van der Waals surface area contributed by atoms with Crippen LogP contribution in [0.4, 0.5) is 0 Å². The van der Waals surface area contributed by atoms with Crippen LogP contribution in [0.5, 0.6) is 11.5 Å². The van der Waals surface area contributed by atoms with Crippen molar-refractivity contribution in [2.75, 3.05) is 27.4 Å². The predicted molar refractivity (Wildman–Crippen MR) is 79.6 cm³/mol. The molecule has 0 saturated heterocycles. The van der Waals surface area contributed by atoms with Gasteiger partial charge in [0.05, 0.1) is 14.2 Å². The molecule has 0 amide bonds. The van der Waals surface area contributed by atoms with E-state index in [0.717, 1.165) is 18.6 Å². The molecule has 0 aliphatic heterocycles. The smallest absolute Gasteiger partial charge is 0.329 e. The summed E-state index contributed by atoms with van der Waals surface area (Å²) in [6.45, 7) is 2.92. The number of nitrogens with one attached hydrogen (secondary N) is 1. The highest BCUT2D eigenvalue weighted by Crippen LogP contribution is 2.41. The second kappa shape index (κ2) is 6.80. The van der Waals surface area contributed by atoms with Gasteiger partial charge in [-0.3, -0.25) is 5.32 Å². The van der Waals surface area contributed by atoms with Gasteiger partial charge in [0.15, 0.2) is 5.54 Å². The Hall–Kier alpha value is -1.75. The first-order valence-corrected chi connectivity index (χ1v) is 7.26. The van der Waals surface area contributed by atoms with E-state index in [1.807, 2.05) is 25.1 Å². The van der Waals surface area contributed by atoms with E-state index in [2.05, 4.69) is 5.32 Å². The third kappa shape index (κ3) is 3.47. The Balaban J connectivity index is 2.12. The molecule has 1 fully saturated rings. The Morgan fingerprint density at radius 2 is 2.05 bits per heavy atom. The van der Waals surface area contributed by atoms with Gasteiger partial charge in [0.1, 0.15) is 18.1 Å². The van der Waals surface area contributed by atoms with Crippen LogP contribution in [0.15, 0.2) is 24.3 Å². The lowest BCUT2D eigenvalue weighted by Crippen LogP contribution is -2.58. The van der Waals surface area contributed by atoms with Crippen molar-refractivity contribution in [2.24, 2.45) is 5.92 Å². The highest BCUT2D eigenvalue weighted by atomic mass is 16.5. The van der Waals surface area contributed by atoms with Crippen LogP contribution in [-0.4, -0.2) is 38.9 Å². The number of likely N-dealkylation sites (N-methyl/N-ethyl adjacent to an activating group) is 1. The van der Waals surface area contributed by atoms with E-state index in [-0.39, 0.29) is 18.5 Å². The SMILES string of the molecule is CCNC(COc1cccc(OC)c1)(C(=O)OC)C1CC1. The quantitative estimate of drug-likeness (QED) is 0.743. The molecule has 1 N–H and O–H groups in total. The molecule has 2 rings (SSSR count). The number of rotatable bonds is 8. The molecule has 0 heterocycles. The fraction of sp³-hybridized carbons (Fsp3) is 0.562. The zero-order valence-electron chi connectivity index (χ0n) is 12.8. The minimum Gasteiger partial charge on any atom is -0.497 e. The first-order valence-electron chi connectivity index (χ1n) is 7.26. The molecule has 0 bridgehead atoms. The normalized spacial score (nSPS) is 16.9. The molecule has 1 aromatic carbocycles. The van der Waals surface area contributed by atoms with Crippen molar-refractivity contribution in [3.8, 4) is 11.5 Å². The molecule has 5 heteroatoms. The van der Waals surface area contributed by atoms with E-state index in [1.54, 1.807) is 13.2 Å². The van der Waals surface area contributed by atoms with Gasteiger partial charge in [-0.05, 0) is 37.4 Å². The topological polar surface area (TPSA) is 56.8 Å². The standard InChI is InChI=1S/C16H23NO4/c1-4-17-16(12-8-9-12,15(18)20-3)11-21-14-7-5-6-13(10-14)19-2/h5-7,10,12,17H,4,8-9,11H2,1-3H3. The first-order chi connectivity index (χ1) is 10.2. The lowest BCUT2D eigenvalue weighted by Gasteiger charge is -2.31. The van der Waals surface area contributed by atoms with Gasteiger partial charge >= 0.3 is 5.97 Å². The van der Waals surface area contributed by atoms with Crippen LogP contribution in [0.2, 0.25) is 0 Å². The van der Waals surface area contributed by atoms with E-state index in [0.29, 0.717) is 12.3 Å². The Labute approximate surface area is 125 Å². The van der Waals surface area contributed by atoms with Crippen LogP contribution in [0.3, 0.4) is 0 Å². The zero-order chi connectivity index (χ0) is 15.3. The third-order valence-corrected chi connectivity index (χ3v) is 3.82. The lowest BCUT2D eigenvalue weighted by atomic mass is 9.94. The maximum Gasteiger partial charge on any atom is 0.329 e. The van der Waals surface area contributed by atoms with Gasteiger partial charge in [0.25, 0.3) is 0 Å². The van der Waals surface area contributed by atoms with Gasteiger partial charge in [-0.25, -0.2) is 4.79 Å². The highest BCUT2D eigenvalue weighted by Gasteiger charge is 2.52. The van der Waals surface area contributed by atoms with Crippen molar-refractivity contribution in [1.82, 2.24) is 5.32 Å². The van der Waals surface area contributed by atoms with E-state index in [1.165, 1.54) is 7.11 Å². The predicted octanol–water partition coefficient (Wildman–Crippen LogP) is 2.01. The molecule has 1 aromatic rings. The fourth-order valence-corrected chi connectivity index (χ4v) is 2.57. The summed E-state index contributed by atoms with van der Waals surface area (Å²) in [6, 6.07) is 7.37. The molecule has 1 unspecified atom stereocenters. The van der Waals surface area contributed by atoms with Crippen molar-refractivity contribution in [1.29, 1.82) is 0 Å². The van der Waals surface area contributed by atoms with Gasteiger partial charge in [-0.15, -0.1) is 0 Å². The van der Waals surface area contributed by atoms with E-state index in [9.17, 15) is 4.79 Å². The van der Waals surface area contributed by atoms with Crippen molar-refractivity contribution in [3.63, 3.8) is 0 Å². The number of carbonyl (C=O) groups is 1. The molecular weight excluding hydrogens is 270 g/mol. The first kappa shape index (κ1) is 15.6. The van der Waals surface area contributed by atoms with Crippen LogP contribution in [0.25, 0.3) is 0 Å². The maximum atomic E-state index is 12.3. The summed E-state index contributed by atoms with van der Waals surface area (Å²) >= 11 is 0. The second-order valence-electron chi connectivity index (χ2n) is 5.24. The number of hydrogen-bond acceptors (Lipinski definition) is 5. The Bertz CT molecular complexity index is 487. The van der Waals surface area contributed by atoms with Crippen LogP contribution in [0.1, 0.15) is 19.8 Å². The van der Waals surface area contributed by atoms with Crippen molar-refractivity contribution in [3.05, 3.63) is 24.3 Å². The van der Waals surface area contributed by atoms with Crippen LogP contribution < -0.4 is 14.8 Å². The Morgan fingerprint density at radius 3 is 2.62 bits per heavy atom. The van der Waals surface area contributed by atoms with Crippen LogP contribution in [0, 0.1) is 5.92 Å². The second-order valence-corrected chi connectivity index (χ2v) is 5.24. The summed E-state index contributed by atoms with van der Waals surface area (Å²) in [5.41, 5.74) is -0.757. The summed E-state index contributed by atoms with van der Waals surface area (Å²) in [7, 11) is 3.03. The zero-order valence-corrected chi connectivity index (χ0v) is 12.8. The lowest BCUT2D eigenvalue weighted by molar-refractivity contribution is -0.151. The summed E-state index contributed by atoms with van der Waals surface area (Å²) in [4.78, 5) is 12.3. The van der Waals surface area contributed by atoms with Gasteiger partial charge in [0.2, 0.25) is 0 Å². The number of hydrogen-bond donors (Lipinski definition) is 1. The van der Waals surface area contributed by atoms with Crippen molar-refractivity contribution in [2.45, 2.75) is 25.3 Å². The minimum absolute atomic E-state index is 0.255. The molecular formula is C16H23NO4. The molecule has 21 heavy (non-hydrogen) atoms. The minimum atomic E-state index is -0.757. The largest absolute Gasteiger partial charge is 0.497 e. The van der Waals surface area contributed by atoms with Crippen molar-refractivity contribution < 1.29 is 19.0 Å². The number of methoxy groups -OCH3 is 2. The monoisotopic (exact) mass is 293 g/mol. The average Bonchev–Trinajstić information content (AvgIpc) is 3.36. The summed E-state index contributed by atoms with van der Waals surface area (Å²) < 4.78 is 16.0. The third-order valence-electron chi connectivity index (χ3n) is 3.82. The highest BCUT2D eigenvalue weighted by molar-refractivity contribution is 5.82. The van der Waals surface area contributed by atoms with Crippen molar-refractivity contribution >= 4 is 5.97 Å². The summed E-state index contributed by atoms with van der Waals surface area (Å²) in [5, 5.41) is 3.28. The summed E-state index contributed by atoms with van der Waals surface area (Å²) in [5.74, 6) is 1.43. The fourth-order valence-electron chi connectivity index (χ4n) is 2.57. The molecule has 1 atom stereocenters. The van der Waals surface area contributed by atoms with Crippen LogP contribution in [-0.2, 0) is 9.53 Å². The molecule has 1 saturated carbocycles. The molecule has 0 radical (unpaired) electrons. The van der Waals surface area contributed by atoms with E-state index >= 15 is 0 Å². The average molecular weight is 293 g/mol. The van der Waals surface area contributed by atoms with Crippen LogP contribution >= 0.6 is 0 Å². The van der Waals surface area contributed by atoms with Gasteiger partial charge in [-0.1, -0.05) is 13.0 Å². The molecule has 0 aromatic heterocycles. The molecule has 1 aliphatic rings. The Morgan fingerprint density at radius 1 is 1.33 bits per heavy atom. The molecule has 1 aliphatic carbocycles. The Kier molecular flexibility index (Phi) is 5.07. The number of ether oxygens (including phenoxy) is 3. The molecule has 5 nitrogen and oxygen atoms in total.